The number of rotatable bonds is 5. The van der Waals surface area contributed by atoms with Crippen LogP contribution in [0.25, 0.3) is 0 Å². The van der Waals surface area contributed by atoms with E-state index in [0.29, 0.717) is 23.1 Å². The van der Waals surface area contributed by atoms with Crippen molar-refractivity contribution in [2.45, 2.75) is 26.8 Å². The van der Waals surface area contributed by atoms with Crippen LogP contribution in [0.5, 0.6) is 5.75 Å². The number of urea groups is 1. The lowest BCUT2D eigenvalue weighted by atomic mass is 10.1. The van der Waals surface area contributed by atoms with E-state index in [2.05, 4.69) is 15.7 Å². The Kier molecular flexibility index (Phi) is 5.50. The number of anilines is 1. The Morgan fingerprint density at radius 2 is 2.22 bits per heavy atom. The second-order valence-corrected chi connectivity index (χ2v) is 5.62. The molecule has 0 aliphatic heterocycles. The third-order valence-corrected chi connectivity index (χ3v) is 3.67. The van der Waals surface area contributed by atoms with Gasteiger partial charge in [0.2, 0.25) is 0 Å². The fraction of sp³-hybridized carbons (Fsp3) is 0.375. The molecule has 0 saturated heterocycles. The number of aromatic nitrogens is 2. The smallest absolute Gasteiger partial charge is 0.319 e. The van der Waals surface area contributed by atoms with Crippen LogP contribution in [0.4, 0.5) is 10.5 Å². The lowest BCUT2D eigenvalue weighted by molar-refractivity contribution is 0.249. The highest BCUT2D eigenvalue weighted by molar-refractivity contribution is 6.32. The lowest BCUT2D eigenvalue weighted by Crippen LogP contribution is -2.31. The molecule has 124 valence electrons. The highest BCUT2D eigenvalue weighted by atomic mass is 35.5. The summed E-state index contributed by atoms with van der Waals surface area (Å²) in [5.74, 6) is 0.469. The standard InChI is InChI=1S/C16H21ClN4O2/c1-5-23-15-13(17)7-6-8-14(15)19-16(22)18-10(2)12-9-21(4)20-11(12)3/h6-10H,5H2,1-4H3,(H2,18,19,22)/t10-/m1/s1. The summed E-state index contributed by atoms with van der Waals surface area (Å²) in [6.07, 6.45) is 1.89. The Morgan fingerprint density at radius 1 is 1.48 bits per heavy atom. The molecule has 1 atom stereocenters. The van der Waals surface area contributed by atoms with Gasteiger partial charge in [0.05, 0.1) is 29.1 Å². The minimum atomic E-state index is -0.330. The Morgan fingerprint density at radius 3 is 2.83 bits per heavy atom. The fourth-order valence-electron chi connectivity index (χ4n) is 2.37. The molecule has 7 heteroatoms. The van der Waals surface area contributed by atoms with Crippen molar-refractivity contribution in [1.29, 1.82) is 0 Å². The van der Waals surface area contributed by atoms with Crippen LogP contribution < -0.4 is 15.4 Å². The van der Waals surface area contributed by atoms with E-state index >= 15 is 0 Å². The molecular formula is C16H21ClN4O2. The number of aryl methyl sites for hydroxylation is 2. The molecule has 2 aromatic rings. The number of nitrogens with zero attached hydrogens (tertiary/aromatic N) is 2. The molecule has 2 amide bonds. The first kappa shape index (κ1) is 17.1. The highest BCUT2D eigenvalue weighted by Gasteiger charge is 2.16. The molecule has 0 fully saturated rings. The zero-order valence-electron chi connectivity index (χ0n) is 13.7. The van der Waals surface area contributed by atoms with Crippen LogP contribution in [-0.4, -0.2) is 22.4 Å². The van der Waals surface area contributed by atoms with Gasteiger partial charge in [-0.25, -0.2) is 4.79 Å². The molecule has 2 rings (SSSR count). The van der Waals surface area contributed by atoms with E-state index in [1.54, 1.807) is 22.9 Å². The number of carbonyl (C=O) groups excluding carboxylic acids is 1. The number of ether oxygens (including phenoxy) is 1. The summed E-state index contributed by atoms with van der Waals surface area (Å²) >= 11 is 6.11. The molecule has 23 heavy (non-hydrogen) atoms. The Bertz CT molecular complexity index is 699. The van der Waals surface area contributed by atoms with Crippen LogP contribution in [0, 0.1) is 6.92 Å². The van der Waals surface area contributed by atoms with Gasteiger partial charge in [0.15, 0.2) is 5.75 Å². The lowest BCUT2D eigenvalue weighted by Gasteiger charge is -2.16. The zero-order valence-corrected chi connectivity index (χ0v) is 14.4. The van der Waals surface area contributed by atoms with Gasteiger partial charge in [-0.3, -0.25) is 4.68 Å². The monoisotopic (exact) mass is 336 g/mol. The van der Waals surface area contributed by atoms with Gasteiger partial charge < -0.3 is 15.4 Å². The number of hydrogen-bond acceptors (Lipinski definition) is 3. The van der Waals surface area contributed by atoms with E-state index in [9.17, 15) is 4.79 Å². The van der Waals surface area contributed by atoms with Gasteiger partial charge in [-0.15, -0.1) is 0 Å². The van der Waals surface area contributed by atoms with E-state index in [-0.39, 0.29) is 12.1 Å². The first-order valence-corrected chi connectivity index (χ1v) is 7.79. The second-order valence-electron chi connectivity index (χ2n) is 5.21. The summed E-state index contributed by atoms with van der Waals surface area (Å²) < 4.78 is 7.22. The van der Waals surface area contributed by atoms with Gasteiger partial charge in [0.25, 0.3) is 0 Å². The van der Waals surface area contributed by atoms with E-state index in [4.69, 9.17) is 16.3 Å². The van der Waals surface area contributed by atoms with Crippen LogP contribution in [-0.2, 0) is 7.05 Å². The molecule has 6 nitrogen and oxygen atoms in total. The van der Waals surface area contributed by atoms with Crippen molar-refractivity contribution in [2.75, 3.05) is 11.9 Å². The van der Waals surface area contributed by atoms with Crippen molar-refractivity contribution in [2.24, 2.45) is 7.05 Å². The summed E-state index contributed by atoms with van der Waals surface area (Å²) in [6, 6.07) is 4.73. The molecule has 0 spiro atoms. The number of benzene rings is 1. The average molecular weight is 337 g/mol. The van der Waals surface area contributed by atoms with Crippen LogP contribution in [0.1, 0.15) is 31.1 Å². The maximum atomic E-state index is 12.2. The van der Waals surface area contributed by atoms with E-state index in [1.165, 1.54) is 0 Å². The normalized spacial score (nSPS) is 11.9. The van der Waals surface area contributed by atoms with Crippen molar-refractivity contribution >= 4 is 23.3 Å². The summed E-state index contributed by atoms with van der Waals surface area (Å²) in [7, 11) is 1.85. The molecule has 1 aromatic heterocycles. The molecule has 0 saturated carbocycles. The number of hydrogen-bond donors (Lipinski definition) is 2. The van der Waals surface area contributed by atoms with E-state index < -0.39 is 0 Å². The van der Waals surface area contributed by atoms with Crippen molar-refractivity contribution in [1.82, 2.24) is 15.1 Å². The molecule has 1 aromatic carbocycles. The van der Waals surface area contributed by atoms with Crippen molar-refractivity contribution in [3.05, 3.63) is 40.7 Å². The zero-order chi connectivity index (χ0) is 17.0. The minimum absolute atomic E-state index is 0.168. The van der Waals surface area contributed by atoms with Crippen LogP contribution in [0.2, 0.25) is 5.02 Å². The predicted octanol–water partition coefficient (Wildman–Crippen LogP) is 3.66. The van der Waals surface area contributed by atoms with Gasteiger partial charge in [0.1, 0.15) is 0 Å². The topological polar surface area (TPSA) is 68.2 Å². The third kappa shape index (κ3) is 4.16. The van der Waals surface area contributed by atoms with E-state index in [0.717, 1.165) is 11.3 Å². The van der Waals surface area contributed by atoms with Gasteiger partial charge >= 0.3 is 6.03 Å². The predicted molar refractivity (Wildman–Crippen MR) is 91.1 cm³/mol. The molecule has 0 aliphatic carbocycles. The van der Waals surface area contributed by atoms with Crippen LogP contribution in [0.15, 0.2) is 24.4 Å². The summed E-state index contributed by atoms with van der Waals surface area (Å²) in [4.78, 5) is 12.2. The number of carbonyl (C=O) groups is 1. The van der Waals surface area contributed by atoms with Gasteiger partial charge in [-0.1, -0.05) is 17.7 Å². The van der Waals surface area contributed by atoms with Gasteiger partial charge in [-0.2, -0.15) is 5.10 Å². The molecule has 1 heterocycles. The largest absolute Gasteiger partial charge is 0.490 e. The van der Waals surface area contributed by atoms with Crippen molar-refractivity contribution in [3.63, 3.8) is 0 Å². The maximum absolute atomic E-state index is 12.2. The number of para-hydroxylation sites is 1. The van der Waals surface area contributed by atoms with Crippen LogP contribution >= 0.6 is 11.6 Å². The first-order valence-electron chi connectivity index (χ1n) is 7.41. The summed E-state index contributed by atoms with van der Waals surface area (Å²) in [5.41, 5.74) is 2.39. The number of amides is 2. The van der Waals surface area contributed by atoms with Gasteiger partial charge in [0, 0.05) is 18.8 Å². The Balaban J connectivity index is 2.08. The average Bonchev–Trinajstić information content (AvgIpc) is 2.81. The third-order valence-electron chi connectivity index (χ3n) is 3.37. The van der Waals surface area contributed by atoms with Crippen LogP contribution in [0.3, 0.4) is 0 Å². The SMILES string of the molecule is CCOc1c(Cl)cccc1NC(=O)N[C@H](C)c1cn(C)nc1C. The molecule has 0 bridgehead atoms. The molecule has 0 radical (unpaired) electrons. The molecule has 2 N–H and O–H groups in total. The quantitative estimate of drug-likeness (QED) is 0.875. The second kappa shape index (κ2) is 7.37. The number of nitrogens with one attached hydrogen (secondary N) is 2. The number of halogens is 1. The van der Waals surface area contributed by atoms with Crippen molar-refractivity contribution in [3.8, 4) is 5.75 Å². The Labute approximate surface area is 140 Å². The fourth-order valence-corrected chi connectivity index (χ4v) is 2.60. The van der Waals surface area contributed by atoms with Gasteiger partial charge in [-0.05, 0) is 32.9 Å². The Hall–Kier alpha value is -2.21. The minimum Gasteiger partial charge on any atom is -0.490 e. The molecule has 0 unspecified atom stereocenters. The maximum Gasteiger partial charge on any atom is 0.319 e. The first-order chi connectivity index (χ1) is 10.9. The van der Waals surface area contributed by atoms with Crippen molar-refractivity contribution < 1.29 is 9.53 Å². The highest BCUT2D eigenvalue weighted by Crippen LogP contribution is 2.32. The summed E-state index contributed by atoms with van der Waals surface area (Å²) in [6.45, 7) is 6.15. The van der Waals surface area contributed by atoms with E-state index in [1.807, 2.05) is 34.0 Å². The molecular weight excluding hydrogens is 316 g/mol. The molecule has 0 aliphatic rings. The summed E-state index contributed by atoms with van der Waals surface area (Å²) in [5, 5.41) is 10.4.